The molecule has 0 aliphatic heterocycles. The van der Waals surface area contributed by atoms with Gasteiger partial charge in [-0.3, -0.25) is 4.79 Å². The van der Waals surface area contributed by atoms with Crippen LogP contribution in [-0.2, 0) is 9.84 Å². The Balaban J connectivity index is 3.57. The van der Waals surface area contributed by atoms with Gasteiger partial charge in [-0.25, -0.2) is 8.42 Å². The smallest absolute Gasteiger partial charge is 0.249 e. The maximum absolute atomic E-state index is 11.3. The summed E-state index contributed by atoms with van der Waals surface area (Å²) in [6.45, 7) is 3.48. The van der Waals surface area contributed by atoms with Gasteiger partial charge in [-0.15, -0.1) is 0 Å². The van der Waals surface area contributed by atoms with E-state index in [-0.39, 0.29) is 10.5 Å². The molecule has 82 valence electrons. The number of aryl methyl sites for hydroxylation is 1. The molecule has 0 bridgehead atoms. The van der Waals surface area contributed by atoms with Gasteiger partial charge in [0.1, 0.15) is 0 Å². The molecule has 0 saturated heterocycles. The van der Waals surface area contributed by atoms with Gasteiger partial charge in [-0.05, 0) is 37.1 Å². The number of carbonyl (C=O) groups is 1. The summed E-state index contributed by atoms with van der Waals surface area (Å²) in [5, 5.41) is 0. The Morgan fingerprint density at radius 3 is 2.20 bits per heavy atom. The minimum absolute atomic E-state index is 0.124. The number of nitrogens with two attached hydrogens (primary N) is 1. The number of benzene rings is 1. The molecule has 1 aromatic rings. The summed E-state index contributed by atoms with van der Waals surface area (Å²) in [5.74, 6) is -0.610. The minimum Gasteiger partial charge on any atom is -0.366 e. The molecule has 5 heteroatoms. The fourth-order valence-corrected chi connectivity index (χ4v) is 2.02. The molecule has 15 heavy (non-hydrogen) atoms. The number of primary amides is 1. The van der Waals surface area contributed by atoms with E-state index in [1.165, 1.54) is 12.1 Å². The van der Waals surface area contributed by atoms with E-state index in [9.17, 15) is 13.2 Å². The van der Waals surface area contributed by atoms with E-state index >= 15 is 0 Å². The molecule has 0 aromatic heterocycles. The highest BCUT2D eigenvalue weighted by Crippen LogP contribution is 2.19. The topological polar surface area (TPSA) is 77.2 Å². The van der Waals surface area contributed by atoms with Gasteiger partial charge in [0.2, 0.25) is 5.91 Å². The third-order valence-corrected chi connectivity index (χ3v) is 3.43. The lowest BCUT2D eigenvalue weighted by Gasteiger charge is -2.08. The summed E-state index contributed by atoms with van der Waals surface area (Å²) < 4.78 is 22.6. The van der Waals surface area contributed by atoms with Gasteiger partial charge in [0, 0.05) is 11.8 Å². The molecule has 4 nitrogen and oxygen atoms in total. The molecule has 1 rings (SSSR count). The van der Waals surface area contributed by atoms with E-state index in [2.05, 4.69) is 0 Å². The lowest BCUT2D eigenvalue weighted by molar-refractivity contribution is 0.0999. The molecule has 0 unspecified atom stereocenters. The van der Waals surface area contributed by atoms with Crippen LogP contribution in [0.25, 0.3) is 0 Å². The van der Waals surface area contributed by atoms with Crippen LogP contribution in [0.3, 0.4) is 0 Å². The van der Waals surface area contributed by atoms with Gasteiger partial charge in [0.25, 0.3) is 0 Å². The van der Waals surface area contributed by atoms with E-state index in [0.717, 1.165) is 17.4 Å². The molecule has 0 spiro atoms. The first-order chi connectivity index (χ1) is 6.73. The average molecular weight is 227 g/mol. The van der Waals surface area contributed by atoms with E-state index in [1.807, 2.05) is 0 Å². The predicted octanol–water partition coefficient (Wildman–Crippen LogP) is 0.806. The molecule has 2 N–H and O–H groups in total. The molecule has 1 aromatic carbocycles. The van der Waals surface area contributed by atoms with Crippen molar-refractivity contribution in [2.24, 2.45) is 5.73 Å². The molecular formula is C10H13NO3S. The number of rotatable bonds is 2. The van der Waals surface area contributed by atoms with E-state index in [4.69, 9.17) is 5.73 Å². The second kappa shape index (κ2) is 3.66. The van der Waals surface area contributed by atoms with Crippen molar-refractivity contribution >= 4 is 15.7 Å². The first-order valence-corrected chi connectivity index (χ1v) is 6.23. The highest BCUT2D eigenvalue weighted by atomic mass is 32.2. The molecule has 0 radical (unpaired) electrons. The Bertz CT molecular complexity index is 518. The highest BCUT2D eigenvalue weighted by molar-refractivity contribution is 7.90. The van der Waals surface area contributed by atoms with Gasteiger partial charge in [0.05, 0.1) is 4.90 Å². The van der Waals surface area contributed by atoms with Gasteiger partial charge in [-0.1, -0.05) is 0 Å². The van der Waals surface area contributed by atoms with Gasteiger partial charge in [-0.2, -0.15) is 0 Å². The summed E-state index contributed by atoms with van der Waals surface area (Å²) >= 11 is 0. The Labute approximate surface area is 89.0 Å². The molecule has 0 aliphatic rings. The number of sulfone groups is 1. The third kappa shape index (κ3) is 2.36. The Morgan fingerprint density at radius 1 is 1.27 bits per heavy atom. The van der Waals surface area contributed by atoms with Crippen molar-refractivity contribution in [2.75, 3.05) is 6.26 Å². The molecule has 0 atom stereocenters. The van der Waals surface area contributed by atoms with Crippen molar-refractivity contribution in [1.29, 1.82) is 0 Å². The normalized spacial score (nSPS) is 11.4. The zero-order valence-corrected chi connectivity index (χ0v) is 9.68. The lowest BCUT2D eigenvalue weighted by atomic mass is 10.0. The predicted molar refractivity (Wildman–Crippen MR) is 57.5 cm³/mol. The largest absolute Gasteiger partial charge is 0.366 e. The minimum atomic E-state index is -3.31. The van der Waals surface area contributed by atoms with Gasteiger partial charge in [0.15, 0.2) is 9.84 Å². The van der Waals surface area contributed by atoms with Crippen molar-refractivity contribution in [3.05, 3.63) is 28.8 Å². The Morgan fingerprint density at radius 2 is 1.80 bits per heavy atom. The molecular weight excluding hydrogens is 214 g/mol. The van der Waals surface area contributed by atoms with Crippen LogP contribution in [-0.4, -0.2) is 20.6 Å². The first kappa shape index (κ1) is 11.7. The van der Waals surface area contributed by atoms with Gasteiger partial charge < -0.3 is 5.73 Å². The summed E-state index contributed by atoms with van der Waals surface area (Å²) in [6, 6.07) is 2.86. The molecule has 1 amide bonds. The van der Waals surface area contributed by atoms with Crippen molar-refractivity contribution < 1.29 is 13.2 Å². The molecule has 0 saturated carbocycles. The second-order valence-corrected chi connectivity index (χ2v) is 5.56. The van der Waals surface area contributed by atoms with Gasteiger partial charge >= 0.3 is 0 Å². The average Bonchev–Trinajstić information content (AvgIpc) is 2.06. The quantitative estimate of drug-likeness (QED) is 0.812. The van der Waals surface area contributed by atoms with Crippen molar-refractivity contribution in [3.8, 4) is 0 Å². The van der Waals surface area contributed by atoms with Crippen molar-refractivity contribution in [3.63, 3.8) is 0 Å². The zero-order chi connectivity index (χ0) is 11.8. The van der Waals surface area contributed by atoms with Crippen LogP contribution in [0, 0.1) is 13.8 Å². The number of hydrogen-bond donors (Lipinski definition) is 1. The summed E-state index contributed by atoms with van der Waals surface area (Å²) in [7, 11) is -3.31. The van der Waals surface area contributed by atoms with Crippen LogP contribution < -0.4 is 5.73 Å². The fourth-order valence-electron chi connectivity index (χ4n) is 1.30. The summed E-state index contributed by atoms with van der Waals surface area (Å²) in [5.41, 5.74) is 6.88. The van der Waals surface area contributed by atoms with Crippen LogP contribution in [0.2, 0.25) is 0 Å². The third-order valence-electron chi connectivity index (χ3n) is 2.33. The molecule has 0 fully saturated rings. The summed E-state index contributed by atoms with van der Waals surface area (Å²) in [6.07, 6.45) is 1.10. The maximum Gasteiger partial charge on any atom is 0.249 e. The number of amides is 1. The standard InChI is InChI=1S/C10H13NO3S/c1-6-4-8(15(3,13)14)5-9(7(6)2)10(11)12/h4-5H,1-3H3,(H2,11,12). The van der Waals surface area contributed by atoms with Crippen LogP contribution in [0.4, 0.5) is 0 Å². The highest BCUT2D eigenvalue weighted by Gasteiger charge is 2.14. The second-order valence-electron chi connectivity index (χ2n) is 3.55. The number of hydrogen-bond acceptors (Lipinski definition) is 3. The van der Waals surface area contributed by atoms with Crippen LogP contribution >= 0.6 is 0 Å². The van der Waals surface area contributed by atoms with E-state index in [1.54, 1.807) is 13.8 Å². The zero-order valence-electron chi connectivity index (χ0n) is 8.87. The molecule has 0 aliphatic carbocycles. The van der Waals surface area contributed by atoms with Crippen LogP contribution in [0.5, 0.6) is 0 Å². The molecule has 0 heterocycles. The first-order valence-electron chi connectivity index (χ1n) is 4.34. The van der Waals surface area contributed by atoms with Crippen LogP contribution in [0.1, 0.15) is 21.5 Å². The Kier molecular flexibility index (Phi) is 2.86. The fraction of sp³-hybridized carbons (Fsp3) is 0.300. The number of carbonyl (C=O) groups excluding carboxylic acids is 1. The maximum atomic E-state index is 11.3. The van der Waals surface area contributed by atoms with Crippen molar-refractivity contribution in [1.82, 2.24) is 0 Å². The van der Waals surface area contributed by atoms with E-state index < -0.39 is 15.7 Å². The van der Waals surface area contributed by atoms with E-state index in [0.29, 0.717) is 0 Å². The SMILES string of the molecule is Cc1cc(S(C)(=O)=O)cc(C(N)=O)c1C. The van der Waals surface area contributed by atoms with Crippen LogP contribution in [0.15, 0.2) is 17.0 Å². The monoisotopic (exact) mass is 227 g/mol. The van der Waals surface area contributed by atoms with Crippen molar-refractivity contribution in [2.45, 2.75) is 18.7 Å². The summed E-state index contributed by atoms with van der Waals surface area (Å²) in [4.78, 5) is 11.2. The lowest BCUT2D eigenvalue weighted by Crippen LogP contribution is -2.14. The Hall–Kier alpha value is -1.36.